The lowest BCUT2D eigenvalue weighted by molar-refractivity contribution is 0.0746. The Morgan fingerprint density at radius 3 is 2.86 bits per heavy atom. The topological polar surface area (TPSA) is 35.5 Å². The number of hydrogen-bond acceptors (Lipinski definition) is 4. The predicted molar refractivity (Wildman–Crippen MR) is 91.7 cm³/mol. The highest BCUT2D eigenvalue weighted by molar-refractivity contribution is 7.98. The van der Waals surface area contributed by atoms with Gasteiger partial charge in [0, 0.05) is 31.4 Å². The minimum atomic E-state index is -0.610. The second-order valence-electron chi connectivity index (χ2n) is 6.37. The maximum absolute atomic E-state index is 10.2. The van der Waals surface area contributed by atoms with E-state index in [1.54, 1.807) is 11.8 Å². The number of hydrogen-bond donors (Lipinski definition) is 2. The second-order valence-corrected chi connectivity index (χ2v) is 7.24. The van der Waals surface area contributed by atoms with Crippen molar-refractivity contribution in [3.05, 3.63) is 35.9 Å². The van der Waals surface area contributed by atoms with Crippen LogP contribution in [-0.2, 0) is 6.54 Å². The molecule has 0 amide bonds. The van der Waals surface area contributed by atoms with E-state index in [9.17, 15) is 5.11 Å². The van der Waals surface area contributed by atoms with Gasteiger partial charge in [0.2, 0.25) is 0 Å². The van der Waals surface area contributed by atoms with E-state index >= 15 is 0 Å². The predicted octanol–water partition coefficient (Wildman–Crippen LogP) is 2.35. The van der Waals surface area contributed by atoms with Gasteiger partial charge in [-0.15, -0.1) is 0 Å². The minimum absolute atomic E-state index is 0.496. The molecule has 0 aromatic heterocycles. The third kappa shape index (κ3) is 5.99. The number of thioether (sulfide) groups is 1. The zero-order chi connectivity index (χ0) is 15.1. The summed E-state index contributed by atoms with van der Waals surface area (Å²) in [6.07, 6.45) is 4.48. The van der Waals surface area contributed by atoms with Crippen molar-refractivity contribution < 1.29 is 5.11 Å². The summed E-state index contributed by atoms with van der Waals surface area (Å²) in [5.41, 5.74) is 0.772. The Morgan fingerprint density at radius 2 is 2.14 bits per heavy atom. The van der Waals surface area contributed by atoms with Gasteiger partial charge in [0.15, 0.2) is 0 Å². The van der Waals surface area contributed by atoms with Crippen LogP contribution in [0.4, 0.5) is 0 Å². The number of aliphatic hydroxyl groups is 1. The average molecular weight is 308 g/mol. The van der Waals surface area contributed by atoms with Gasteiger partial charge in [-0.1, -0.05) is 30.3 Å². The summed E-state index contributed by atoms with van der Waals surface area (Å²) < 4.78 is 0. The lowest BCUT2D eigenvalue weighted by atomic mass is 10.0. The van der Waals surface area contributed by atoms with Crippen LogP contribution in [0.5, 0.6) is 0 Å². The van der Waals surface area contributed by atoms with Gasteiger partial charge in [0.25, 0.3) is 0 Å². The minimum Gasteiger partial charge on any atom is -0.388 e. The molecule has 1 aliphatic heterocycles. The number of rotatable bonds is 7. The molecule has 0 spiro atoms. The van der Waals surface area contributed by atoms with Crippen LogP contribution < -0.4 is 5.32 Å². The Kier molecular flexibility index (Phi) is 6.55. The van der Waals surface area contributed by atoms with Crippen molar-refractivity contribution in [3.63, 3.8) is 0 Å². The number of benzene rings is 1. The molecule has 4 heteroatoms. The molecule has 1 aromatic carbocycles. The number of nitrogens with one attached hydrogen (secondary N) is 1. The first-order valence-corrected chi connectivity index (χ1v) is 9.19. The molecule has 0 radical (unpaired) electrons. The quantitative estimate of drug-likeness (QED) is 0.810. The first kappa shape index (κ1) is 16.8. The molecule has 2 atom stereocenters. The number of nitrogens with zero attached hydrogens (tertiary/aromatic N) is 1. The molecule has 1 aromatic rings. The molecule has 2 rings (SSSR count). The normalized spacial score (nSPS) is 22.9. The largest absolute Gasteiger partial charge is 0.388 e. The number of likely N-dealkylation sites (tertiary alicyclic amines) is 1. The van der Waals surface area contributed by atoms with Crippen LogP contribution in [0, 0.1) is 0 Å². The van der Waals surface area contributed by atoms with Crippen molar-refractivity contribution >= 4 is 11.8 Å². The van der Waals surface area contributed by atoms with Gasteiger partial charge < -0.3 is 10.4 Å². The highest BCUT2D eigenvalue weighted by atomic mass is 32.2. The summed E-state index contributed by atoms with van der Waals surface area (Å²) in [5.74, 6) is 0.778. The molecular weight excluding hydrogens is 280 g/mol. The highest BCUT2D eigenvalue weighted by Crippen LogP contribution is 2.15. The molecule has 1 saturated heterocycles. The third-order valence-electron chi connectivity index (χ3n) is 3.98. The maximum Gasteiger partial charge on any atom is 0.0833 e. The van der Waals surface area contributed by atoms with E-state index in [0.717, 1.165) is 18.8 Å². The van der Waals surface area contributed by atoms with Gasteiger partial charge in [0.05, 0.1) is 5.60 Å². The van der Waals surface area contributed by atoms with Crippen molar-refractivity contribution in [1.82, 2.24) is 10.2 Å². The Hall–Kier alpha value is -0.550. The van der Waals surface area contributed by atoms with Crippen molar-refractivity contribution in [2.75, 3.05) is 31.6 Å². The fourth-order valence-corrected chi connectivity index (χ4v) is 3.66. The fourth-order valence-electron chi connectivity index (χ4n) is 2.93. The molecule has 0 aliphatic carbocycles. The molecule has 0 saturated carbocycles. The van der Waals surface area contributed by atoms with E-state index in [4.69, 9.17) is 0 Å². The molecule has 0 unspecified atom stereocenters. The van der Waals surface area contributed by atoms with E-state index in [1.807, 2.05) is 13.2 Å². The summed E-state index contributed by atoms with van der Waals surface area (Å²) >= 11 is 1.70. The first-order valence-electron chi connectivity index (χ1n) is 7.80. The van der Waals surface area contributed by atoms with E-state index < -0.39 is 5.60 Å². The smallest absolute Gasteiger partial charge is 0.0833 e. The zero-order valence-electron chi connectivity index (χ0n) is 13.2. The third-order valence-corrected chi connectivity index (χ3v) is 4.89. The van der Waals surface area contributed by atoms with Crippen LogP contribution in [0.25, 0.3) is 0 Å². The first-order chi connectivity index (χ1) is 10.1. The van der Waals surface area contributed by atoms with Gasteiger partial charge in [-0.05, 0) is 38.1 Å². The summed E-state index contributed by atoms with van der Waals surface area (Å²) in [6.45, 7) is 5.87. The zero-order valence-corrected chi connectivity index (χ0v) is 14.0. The molecule has 1 fully saturated rings. The SMILES string of the molecule is CSC[C@](C)(O)CN[C@@H]1CCCN(Cc2ccccc2)C1. The van der Waals surface area contributed by atoms with Crippen molar-refractivity contribution in [2.45, 2.75) is 38.0 Å². The van der Waals surface area contributed by atoms with Crippen LogP contribution in [0.2, 0.25) is 0 Å². The molecule has 21 heavy (non-hydrogen) atoms. The van der Waals surface area contributed by atoms with E-state index in [-0.39, 0.29) is 0 Å². The second kappa shape index (κ2) is 8.18. The Bertz CT molecular complexity index is 411. The molecule has 0 bridgehead atoms. The van der Waals surface area contributed by atoms with Gasteiger partial charge in [0.1, 0.15) is 0 Å². The van der Waals surface area contributed by atoms with E-state index in [1.165, 1.54) is 24.9 Å². The molecule has 1 heterocycles. The summed E-state index contributed by atoms with van der Waals surface area (Å²) in [7, 11) is 0. The molecule has 2 N–H and O–H groups in total. The number of piperidine rings is 1. The Morgan fingerprint density at radius 1 is 1.38 bits per heavy atom. The summed E-state index contributed by atoms with van der Waals surface area (Å²) in [4.78, 5) is 2.51. The van der Waals surface area contributed by atoms with Crippen LogP contribution in [-0.4, -0.2) is 53.3 Å². The summed E-state index contributed by atoms with van der Waals surface area (Å²) in [5, 5.41) is 13.8. The summed E-state index contributed by atoms with van der Waals surface area (Å²) in [6, 6.07) is 11.2. The van der Waals surface area contributed by atoms with Crippen LogP contribution >= 0.6 is 11.8 Å². The molecule has 1 aliphatic rings. The highest BCUT2D eigenvalue weighted by Gasteiger charge is 2.24. The molecular formula is C17H28N2OS. The van der Waals surface area contributed by atoms with Crippen molar-refractivity contribution in [3.8, 4) is 0 Å². The Labute approximate surface area is 133 Å². The van der Waals surface area contributed by atoms with Gasteiger partial charge in [-0.3, -0.25) is 4.90 Å². The lowest BCUT2D eigenvalue weighted by Crippen LogP contribution is -2.50. The monoisotopic (exact) mass is 308 g/mol. The lowest BCUT2D eigenvalue weighted by Gasteiger charge is -2.35. The van der Waals surface area contributed by atoms with E-state index in [0.29, 0.717) is 12.6 Å². The average Bonchev–Trinajstić information content (AvgIpc) is 2.47. The van der Waals surface area contributed by atoms with Gasteiger partial charge in [-0.2, -0.15) is 11.8 Å². The van der Waals surface area contributed by atoms with Gasteiger partial charge >= 0.3 is 0 Å². The van der Waals surface area contributed by atoms with Crippen LogP contribution in [0.1, 0.15) is 25.3 Å². The maximum atomic E-state index is 10.2. The molecule has 118 valence electrons. The van der Waals surface area contributed by atoms with Crippen LogP contribution in [0.3, 0.4) is 0 Å². The van der Waals surface area contributed by atoms with Crippen molar-refractivity contribution in [2.24, 2.45) is 0 Å². The Balaban J connectivity index is 1.78. The van der Waals surface area contributed by atoms with Crippen molar-refractivity contribution in [1.29, 1.82) is 0 Å². The van der Waals surface area contributed by atoms with Crippen LogP contribution in [0.15, 0.2) is 30.3 Å². The molecule has 3 nitrogen and oxygen atoms in total. The standard InChI is InChI=1S/C17H28N2OS/c1-17(20,14-21-2)13-18-16-9-6-10-19(12-16)11-15-7-4-3-5-8-15/h3-5,7-8,16,18,20H,6,9-14H2,1-2H3/t16-,17-/m1/s1. The fraction of sp³-hybridized carbons (Fsp3) is 0.647. The van der Waals surface area contributed by atoms with E-state index in [2.05, 4.69) is 40.5 Å². The van der Waals surface area contributed by atoms with Gasteiger partial charge in [-0.25, -0.2) is 0 Å².